The Bertz CT molecular complexity index is 1040. The van der Waals surface area contributed by atoms with Gasteiger partial charge in [-0.2, -0.15) is 4.68 Å². The predicted octanol–water partition coefficient (Wildman–Crippen LogP) is 3.39. The lowest BCUT2D eigenvalue weighted by Gasteiger charge is -2.28. The summed E-state index contributed by atoms with van der Waals surface area (Å²) in [5.74, 6) is 1.02. The number of anilines is 2. The Hall–Kier alpha value is -3.68. The molecule has 1 unspecified atom stereocenters. The molecule has 0 saturated carbocycles. The fourth-order valence-electron chi connectivity index (χ4n) is 3.33. The minimum absolute atomic E-state index is 0.216. The minimum Gasteiger partial charge on any atom is -0.494 e. The van der Waals surface area contributed by atoms with Crippen molar-refractivity contribution in [3.8, 4) is 5.75 Å². The van der Waals surface area contributed by atoms with E-state index in [0.29, 0.717) is 23.8 Å². The number of ether oxygens (including phenoxy) is 1. The van der Waals surface area contributed by atoms with Gasteiger partial charge in [0.1, 0.15) is 11.8 Å². The molecule has 0 bridgehead atoms. The third-order valence-electron chi connectivity index (χ3n) is 4.64. The number of para-hydroxylation sites is 1. The fraction of sp³-hybridized carbons (Fsp3) is 0.238. The summed E-state index contributed by atoms with van der Waals surface area (Å²) in [6.07, 6.45) is 0.915. The van der Waals surface area contributed by atoms with Gasteiger partial charge in [-0.05, 0) is 53.6 Å². The quantitative estimate of drug-likeness (QED) is 0.670. The molecule has 0 radical (unpaired) electrons. The van der Waals surface area contributed by atoms with Gasteiger partial charge in [0.2, 0.25) is 5.95 Å². The summed E-state index contributed by atoms with van der Waals surface area (Å²) in [5.41, 5.74) is 2.83. The lowest BCUT2D eigenvalue weighted by Crippen LogP contribution is -2.31. The lowest BCUT2D eigenvalue weighted by molar-refractivity contribution is -0.113. The van der Waals surface area contributed by atoms with E-state index in [9.17, 15) is 4.79 Å². The van der Waals surface area contributed by atoms with Crippen molar-refractivity contribution < 1.29 is 9.53 Å². The first-order valence-electron chi connectivity index (χ1n) is 9.52. The average molecular weight is 390 g/mol. The minimum atomic E-state index is -0.477. The fourth-order valence-corrected chi connectivity index (χ4v) is 3.33. The highest BCUT2D eigenvalue weighted by atomic mass is 16.5. The normalized spacial score (nSPS) is 15.4. The van der Waals surface area contributed by atoms with E-state index in [1.807, 2.05) is 61.5 Å². The van der Waals surface area contributed by atoms with Gasteiger partial charge in [-0.15, -0.1) is 0 Å². The molecule has 8 heteroatoms. The molecule has 1 aliphatic heterocycles. The highest BCUT2D eigenvalue weighted by Crippen LogP contribution is 2.36. The van der Waals surface area contributed by atoms with Gasteiger partial charge < -0.3 is 15.4 Å². The second kappa shape index (κ2) is 8.14. The molecule has 0 aliphatic carbocycles. The summed E-state index contributed by atoms with van der Waals surface area (Å²) < 4.78 is 7.40. The van der Waals surface area contributed by atoms with Crippen LogP contribution in [-0.2, 0) is 4.79 Å². The zero-order valence-electron chi connectivity index (χ0n) is 16.3. The number of carbonyl (C=O) groups is 1. The van der Waals surface area contributed by atoms with Crippen molar-refractivity contribution >= 4 is 17.5 Å². The Morgan fingerprint density at radius 2 is 2.03 bits per heavy atom. The Balaban J connectivity index is 1.73. The van der Waals surface area contributed by atoms with Crippen molar-refractivity contribution in [1.82, 2.24) is 20.2 Å². The number of benzene rings is 2. The van der Waals surface area contributed by atoms with Crippen molar-refractivity contribution in [2.75, 3.05) is 17.2 Å². The number of nitrogens with one attached hydrogen (secondary N) is 2. The van der Waals surface area contributed by atoms with Crippen molar-refractivity contribution in [2.24, 2.45) is 0 Å². The molecule has 2 N–H and O–H groups in total. The van der Waals surface area contributed by atoms with Crippen LogP contribution >= 0.6 is 0 Å². The Morgan fingerprint density at radius 3 is 2.83 bits per heavy atom. The topological polar surface area (TPSA) is 94.0 Å². The third-order valence-corrected chi connectivity index (χ3v) is 4.64. The van der Waals surface area contributed by atoms with Gasteiger partial charge >= 0.3 is 0 Å². The lowest BCUT2D eigenvalue weighted by atomic mass is 9.95. The molecular formula is C21H22N6O2. The van der Waals surface area contributed by atoms with Gasteiger partial charge in [0.25, 0.3) is 5.91 Å². The Labute approximate surface area is 168 Å². The second-order valence-electron chi connectivity index (χ2n) is 6.75. The number of rotatable bonds is 6. The molecule has 148 valence electrons. The maximum Gasteiger partial charge on any atom is 0.255 e. The Kier molecular flexibility index (Phi) is 5.24. The maximum absolute atomic E-state index is 13.2. The van der Waals surface area contributed by atoms with Crippen molar-refractivity contribution in [3.05, 3.63) is 71.4 Å². The summed E-state index contributed by atoms with van der Waals surface area (Å²) in [6, 6.07) is 16.6. The van der Waals surface area contributed by atoms with Gasteiger partial charge in [-0.1, -0.05) is 42.4 Å². The SMILES string of the molecule is CCCOc1cccc(C2C(C(=O)Nc3ccccc3)=C(C)Nc3nnnn32)c1. The highest BCUT2D eigenvalue weighted by molar-refractivity contribution is 6.06. The van der Waals surface area contributed by atoms with Crippen LogP contribution in [0, 0.1) is 0 Å². The van der Waals surface area contributed by atoms with Crippen molar-refractivity contribution in [3.63, 3.8) is 0 Å². The number of hydrogen-bond acceptors (Lipinski definition) is 6. The largest absolute Gasteiger partial charge is 0.494 e. The molecule has 4 rings (SSSR count). The van der Waals surface area contributed by atoms with Crippen molar-refractivity contribution in [1.29, 1.82) is 0 Å². The molecule has 1 amide bonds. The van der Waals surface area contributed by atoms with Crippen LogP contribution in [0.4, 0.5) is 11.6 Å². The third kappa shape index (κ3) is 3.82. The molecule has 2 heterocycles. The van der Waals surface area contributed by atoms with E-state index in [0.717, 1.165) is 23.4 Å². The molecule has 1 aliphatic rings. The number of amides is 1. The monoisotopic (exact) mass is 390 g/mol. The van der Waals surface area contributed by atoms with Gasteiger partial charge in [0.15, 0.2) is 0 Å². The number of nitrogens with zero attached hydrogens (tertiary/aromatic N) is 4. The molecule has 0 fully saturated rings. The van der Waals surface area contributed by atoms with Crippen LogP contribution in [0.25, 0.3) is 0 Å². The number of carbonyl (C=O) groups excluding carboxylic acids is 1. The molecule has 1 aromatic heterocycles. The molecule has 0 spiro atoms. The summed E-state index contributed by atoms with van der Waals surface area (Å²) in [7, 11) is 0. The smallest absolute Gasteiger partial charge is 0.255 e. The first kappa shape index (κ1) is 18.7. The first-order chi connectivity index (χ1) is 14.2. The zero-order chi connectivity index (χ0) is 20.2. The van der Waals surface area contributed by atoms with Gasteiger partial charge in [-0.3, -0.25) is 4.79 Å². The molecule has 8 nitrogen and oxygen atoms in total. The van der Waals surface area contributed by atoms with E-state index in [1.54, 1.807) is 4.68 Å². The molecular weight excluding hydrogens is 368 g/mol. The standard InChI is InChI=1S/C21H22N6O2/c1-3-12-29-17-11-7-8-15(13-17)19-18(14(2)22-21-24-25-26-27(19)21)20(28)23-16-9-5-4-6-10-16/h4-11,13,19H,3,12H2,1-2H3,(H,23,28)(H,22,24,26). The average Bonchev–Trinajstić information content (AvgIpc) is 3.20. The number of allylic oxidation sites excluding steroid dienone is 1. The van der Waals surface area contributed by atoms with Crippen molar-refractivity contribution in [2.45, 2.75) is 26.3 Å². The number of hydrogen-bond donors (Lipinski definition) is 2. The van der Waals surface area contributed by atoms with E-state index in [2.05, 4.69) is 33.1 Å². The summed E-state index contributed by atoms with van der Waals surface area (Å²) in [4.78, 5) is 13.2. The zero-order valence-corrected chi connectivity index (χ0v) is 16.3. The summed E-state index contributed by atoms with van der Waals surface area (Å²) in [6.45, 7) is 4.53. The van der Waals surface area contributed by atoms with Crippen LogP contribution in [0.15, 0.2) is 65.9 Å². The van der Waals surface area contributed by atoms with E-state index >= 15 is 0 Å². The molecule has 2 aromatic carbocycles. The van der Waals surface area contributed by atoms with Crippen LogP contribution in [0.2, 0.25) is 0 Å². The predicted molar refractivity (Wildman–Crippen MR) is 110 cm³/mol. The summed E-state index contributed by atoms with van der Waals surface area (Å²) >= 11 is 0. The number of tetrazole rings is 1. The van der Waals surface area contributed by atoms with Gasteiger partial charge in [0, 0.05) is 11.4 Å². The Morgan fingerprint density at radius 1 is 1.21 bits per heavy atom. The van der Waals surface area contributed by atoms with Crippen LogP contribution in [0.3, 0.4) is 0 Å². The maximum atomic E-state index is 13.2. The van der Waals surface area contributed by atoms with Crippen LogP contribution in [0.5, 0.6) is 5.75 Å². The second-order valence-corrected chi connectivity index (χ2v) is 6.75. The van der Waals surface area contributed by atoms with E-state index < -0.39 is 6.04 Å². The first-order valence-corrected chi connectivity index (χ1v) is 9.52. The molecule has 29 heavy (non-hydrogen) atoms. The van der Waals surface area contributed by atoms with Crippen LogP contribution in [-0.4, -0.2) is 32.7 Å². The van der Waals surface area contributed by atoms with Crippen LogP contribution < -0.4 is 15.4 Å². The van der Waals surface area contributed by atoms with E-state index in [-0.39, 0.29) is 5.91 Å². The van der Waals surface area contributed by atoms with Gasteiger partial charge in [0.05, 0.1) is 12.2 Å². The van der Waals surface area contributed by atoms with E-state index in [4.69, 9.17) is 4.74 Å². The van der Waals surface area contributed by atoms with E-state index in [1.165, 1.54) is 0 Å². The summed E-state index contributed by atoms with van der Waals surface area (Å²) in [5, 5.41) is 18.0. The van der Waals surface area contributed by atoms with Gasteiger partial charge in [-0.25, -0.2) is 0 Å². The number of fused-ring (bicyclic) bond motifs is 1. The molecule has 3 aromatic rings. The molecule has 1 atom stereocenters. The van der Waals surface area contributed by atoms with Crippen LogP contribution in [0.1, 0.15) is 31.9 Å². The number of aromatic nitrogens is 4. The highest BCUT2D eigenvalue weighted by Gasteiger charge is 2.34. The molecule has 0 saturated heterocycles.